The maximum atomic E-state index is 4.78. The van der Waals surface area contributed by atoms with Gasteiger partial charge in [-0.3, -0.25) is 4.90 Å². The SMILES string of the molecule is CCNC(=NCc1ccc(CN2CCCC2)cc1)NCC1(C)CCCS1. The van der Waals surface area contributed by atoms with Crippen LogP contribution in [0.3, 0.4) is 0 Å². The summed E-state index contributed by atoms with van der Waals surface area (Å²) in [5, 5.41) is 6.92. The van der Waals surface area contributed by atoms with Gasteiger partial charge in [-0.1, -0.05) is 24.3 Å². The number of nitrogens with one attached hydrogen (secondary N) is 2. The molecule has 0 bridgehead atoms. The topological polar surface area (TPSA) is 39.7 Å². The van der Waals surface area contributed by atoms with Crippen molar-refractivity contribution in [3.63, 3.8) is 0 Å². The average Bonchev–Trinajstić information content (AvgIpc) is 3.31. The Kier molecular flexibility index (Phi) is 7.26. The Bertz CT molecular complexity index is 572. The summed E-state index contributed by atoms with van der Waals surface area (Å²) in [4.78, 5) is 7.33. The molecule has 5 heteroatoms. The van der Waals surface area contributed by atoms with Crippen LogP contribution in [0.1, 0.15) is 50.7 Å². The number of nitrogens with zero attached hydrogens (tertiary/aromatic N) is 2. The Hall–Kier alpha value is -1.20. The molecule has 2 N–H and O–H groups in total. The number of guanidine groups is 1. The highest BCUT2D eigenvalue weighted by Gasteiger charge is 2.29. The van der Waals surface area contributed by atoms with Crippen molar-refractivity contribution in [3.8, 4) is 0 Å². The number of aliphatic imine (C=N–C) groups is 1. The molecular formula is C21H34N4S. The van der Waals surface area contributed by atoms with Gasteiger partial charge < -0.3 is 10.6 Å². The van der Waals surface area contributed by atoms with Gasteiger partial charge in [-0.25, -0.2) is 4.99 Å². The second-order valence-corrected chi connectivity index (χ2v) is 9.43. The fourth-order valence-corrected chi connectivity index (χ4v) is 4.95. The second kappa shape index (κ2) is 9.65. The number of rotatable bonds is 7. The van der Waals surface area contributed by atoms with Crippen molar-refractivity contribution >= 4 is 17.7 Å². The molecule has 2 aliphatic heterocycles. The zero-order chi connectivity index (χ0) is 18.2. The van der Waals surface area contributed by atoms with Gasteiger partial charge in [0.15, 0.2) is 5.96 Å². The molecule has 1 aromatic carbocycles. The molecule has 4 nitrogen and oxygen atoms in total. The maximum absolute atomic E-state index is 4.78. The Labute approximate surface area is 163 Å². The number of likely N-dealkylation sites (tertiary alicyclic amines) is 1. The van der Waals surface area contributed by atoms with E-state index < -0.39 is 0 Å². The quantitative estimate of drug-likeness (QED) is 0.565. The van der Waals surface area contributed by atoms with Gasteiger partial charge in [-0.05, 0) is 69.5 Å². The van der Waals surface area contributed by atoms with Gasteiger partial charge >= 0.3 is 0 Å². The van der Waals surface area contributed by atoms with Crippen LogP contribution in [0.4, 0.5) is 0 Å². The summed E-state index contributed by atoms with van der Waals surface area (Å²) in [6.07, 6.45) is 5.33. The summed E-state index contributed by atoms with van der Waals surface area (Å²) < 4.78 is 0.355. The van der Waals surface area contributed by atoms with Crippen molar-refractivity contribution in [2.75, 3.05) is 31.9 Å². The van der Waals surface area contributed by atoms with Crippen molar-refractivity contribution in [1.82, 2.24) is 15.5 Å². The molecule has 0 saturated carbocycles. The minimum atomic E-state index is 0.355. The lowest BCUT2D eigenvalue weighted by atomic mass is 10.1. The van der Waals surface area contributed by atoms with Crippen LogP contribution in [-0.4, -0.2) is 47.5 Å². The standard InChI is InChI=1S/C21H34N4S/c1-3-22-20(24-17-21(2)11-6-14-26-21)23-15-18-7-9-19(10-8-18)16-25-12-4-5-13-25/h7-10H,3-6,11-17H2,1-2H3,(H2,22,23,24). The van der Waals surface area contributed by atoms with Crippen molar-refractivity contribution in [2.45, 2.75) is 57.4 Å². The van der Waals surface area contributed by atoms with Crippen LogP contribution in [0.25, 0.3) is 0 Å². The molecule has 0 aliphatic carbocycles. The molecule has 2 saturated heterocycles. The van der Waals surface area contributed by atoms with Crippen LogP contribution in [0, 0.1) is 0 Å². The van der Waals surface area contributed by atoms with Crippen LogP contribution >= 0.6 is 11.8 Å². The van der Waals surface area contributed by atoms with Crippen molar-refractivity contribution < 1.29 is 0 Å². The number of benzene rings is 1. The molecule has 1 aromatic rings. The Morgan fingerprint density at radius 2 is 1.85 bits per heavy atom. The highest BCUT2D eigenvalue weighted by atomic mass is 32.2. The van der Waals surface area contributed by atoms with Gasteiger partial charge in [0.2, 0.25) is 0 Å². The molecular weight excluding hydrogens is 340 g/mol. The molecule has 144 valence electrons. The van der Waals surface area contributed by atoms with E-state index >= 15 is 0 Å². The van der Waals surface area contributed by atoms with Crippen LogP contribution in [0.5, 0.6) is 0 Å². The Morgan fingerprint density at radius 3 is 2.50 bits per heavy atom. The molecule has 2 aliphatic rings. The Balaban J connectivity index is 1.51. The molecule has 0 amide bonds. The zero-order valence-corrected chi connectivity index (χ0v) is 17.2. The van der Waals surface area contributed by atoms with E-state index in [0.29, 0.717) is 4.75 Å². The summed E-state index contributed by atoms with van der Waals surface area (Å²) in [7, 11) is 0. The first-order valence-electron chi connectivity index (χ1n) is 10.1. The molecule has 1 atom stereocenters. The molecule has 0 spiro atoms. The molecule has 0 radical (unpaired) electrons. The first-order valence-corrected chi connectivity index (χ1v) is 11.1. The van der Waals surface area contributed by atoms with Gasteiger partial charge in [0, 0.05) is 24.4 Å². The smallest absolute Gasteiger partial charge is 0.191 e. The second-order valence-electron chi connectivity index (χ2n) is 7.75. The largest absolute Gasteiger partial charge is 0.357 e. The monoisotopic (exact) mass is 374 g/mol. The van der Waals surface area contributed by atoms with Crippen molar-refractivity contribution in [3.05, 3.63) is 35.4 Å². The third kappa shape index (κ3) is 5.92. The summed E-state index contributed by atoms with van der Waals surface area (Å²) in [5.41, 5.74) is 2.68. The molecule has 26 heavy (non-hydrogen) atoms. The lowest BCUT2D eigenvalue weighted by Gasteiger charge is -2.24. The fraction of sp³-hybridized carbons (Fsp3) is 0.667. The van der Waals surface area contributed by atoms with Crippen molar-refractivity contribution in [1.29, 1.82) is 0 Å². The minimum absolute atomic E-state index is 0.355. The van der Waals surface area contributed by atoms with E-state index in [1.165, 1.54) is 55.7 Å². The molecule has 1 unspecified atom stereocenters. The zero-order valence-electron chi connectivity index (χ0n) is 16.4. The number of hydrogen-bond donors (Lipinski definition) is 2. The van der Waals surface area contributed by atoms with E-state index in [-0.39, 0.29) is 0 Å². The van der Waals surface area contributed by atoms with Crippen molar-refractivity contribution in [2.24, 2.45) is 4.99 Å². The van der Waals surface area contributed by atoms with Gasteiger partial charge in [0.05, 0.1) is 6.54 Å². The normalized spacial score (nSPS) is 24.2. The summed E-state index contributed by atoms with van der Waals surface area (Å²) in [6.45, 7) is 10.7. The van der Waals surface area contributed by atoms with E-state index in [9.17, 15) is 0 Å². The van der Waals surface area contributed by atoms with Crippen LogP contribution in [0.15, 0.2) is 29.3 Å². The first kappa shape index (κ1) is 19.6. The summed E-state index contributed by atoms with van der Waals surface area (Å²) >= 11 is 2.08. The van der Waals surface area contributed by atoms with Gasteiger partial charge in [0.25, 0.3) is 0 Å². The van der Waals surface area contributed by atoms with E-state index in [0.717, 1.165) is 32.1 Å². The fourth-order valence-electron chi connectivity index (χ4n) is 3.71. The van der Waals surface area contributed by atoms with E-state index in [4.69, 9.17) is 4.99 Å². The third-order valence-corrected chi connectivity index (χ3v) is 6.86. The average molecular weight is 375 g/mol. The van der Waals surface area contributed by atoms with Gasteiger partial charge in [-0.15, -0.1) is 0 Å². The lowest BCUT2D eigenvalue weighted by Crippen LogP contribution is -2.43. The maximum Gasteiger partial charge on any atom is 0.191 e. The predicted octanol–water partition coefficient (Wildman–Crippen LogP) is 3.62. The minimum Gasteiger partial charge on any atom is -0.357 e. The van der Waals surface area contributed by atoms with Crippen LogP contribution in [-0.2, 0) is 13.1 Å². The van der Waals surface area contributed by atoms with Crippen LogP contribution < -0.4 is 10.6 Å². The summed E-state index contributed by atoms with van der Waals surface area (Å²) in [6, 6.07) is 8.98. The molecule has 2 fully saturated rings. The van der Waals surface area contributed by atoms with E-state index in [1.54, 1.807) is 0 Å². The molecule has 2 heterocycles. The Morgan fingerprint density at radius 1 is 1.12 bits per heavy atom. The third-order valence-electron chi connectivity index (χ3n) is 5.32. The highest BCUT2D eigenvalue weighted by Crippen LogP contribution is 2.36. The predicted molar refractivity (Wildman–Crippen MR) is 114 cm³/mol. The number of hydrogen-bond acceptors (Lipinski definition) is 3. The first-order chi connectivity index (χ1) is 12.7. The lowest BCUT2D eigenvalue weighted by molar-refractivity contribution is 0.331. The van der Waals surface area contributed by atoms with Crippen LogP contribution in [0.2, 0.25) is 0 Å². The molecule has 0 aromatic heterocycles. The number of thioether (sulfide) groups is 1. The van der Waals surface area contributed by atoms with Gasteiger partial charge in [-0.2, -0.15) is 11.8 Å². The van der Waals surface area contributed by atoms with E-state index in [1.807, 2.05) is 0 Å². The van der Waals surface area contributed by atoms with Gasteiger partial charge in [0.1, 0.15) is 0 Å². The summed E-state index contributed by atoms with van der Waals surface area (Å²) in [5.74, 6) is 2.22. The molecule has 3 rings (SSSR count). The highest BCUT2D eigenvalue weighted by molar-refractivity contribution is 8.00. The van der Waals surface area contributed by atoms with E-state index in [2.05, 4.69) is 65.4 Å².